The fourth-order valence-electron chi connectivity index (χ4n) is 2.90. The van der Waals surface area contributed by atoms with Gasteiger partial charge in [-0.2, -0.15) is 4.37 Å². The van der Waals surface area contributed by atoms with Gasteiger partial charge in [0.05, 0.1) is 0 Å². The first kappa shape index (κ1) is 16.8. The van der Waals surface area contributed by atoms with Crippen molar-refractivity contribution >= 4 is 40.2 Å². The van der Waals surface area contributed by atoms with Crippen LogP contribution in [0.5, 0.6) is 0 Å². The van der Waals surface area contributed by atoms with E-state index in [1.165, 1.54) is 22.9 Å². The van der Waals surface area contributed by atoms with Crippen molar-refractivity contribution in [2.75, 3.05) is 5.32 Å². The number of fused-ring (bicyclic) bond motifs is 1. The van der Waals surface area contributed by atoms with Crippen LogP contribution in [0.15, 0.2) is 29.3 Å². The van der Waals surface area contributed by atoms with Gasteiger partial charge in [0.2, 0.25) is 0 Å². The number of nitrogens with two attached hydrogens (primary N) is 2. The maximum Gasteiger partial charge on any atom is 0.317 e. The van der Waals surface area contributed by atoms with Crippen molar-refractivity contribution in [3.05, 3.63) is 41.0 Å². The molecule has 24 heavy (non-hydrogen) atoms. The number of hydrogen-bond acceptors (Lipinski definition) is 5. The second-order valence-electron chi connectivity index (χ2n) is 5.60. The maximum absolute atomic E-state index is 11.8. The summed E-state index contributed by atoms with van der Waals surface area (Å²) in [5.41, 5.74) is 13.5. The first-order valence-corrected chi connectivity index (χ1v) is 9.32. The van der Waals surface area contributed by atoms with Gasteiger partial charge in [-0.1, -0.05) is 42.4 Å². The van der Waals surface area contributed by atoms with E-state index in [0.717, 1.165) is 37.2 Å². The Hall–Kier alpha value is -2.06. The number of carbonyl (C=O) groups excluding carboxylic acids is 2. The fourth-order valence-corrected chi connectivity index (χ4v) is 5.18. The molecule has 8 heteroatoms. The second-order valence-corrected chi connectivity index (χ2v) is 7.56. The van der Waals surface area contributed by atoms with E-state index in [9.17, 15) is 9.59 Å². The Balaban J connectivity index is 1.92. The number of nitrogens with zero attached hydrogens (tertiary/aromatic N) is 1. The number of aryl methyl sites for hydroxylation is 1. The summed E-state index contributed by atoms with van der Waals surface area (Å²) in [6.07, 6.45) is 4.36. The minimum atomic E-state index is -0.738. The van der Waals surface area contributed by atoms with Crippen LogP contribution >= 0.6 is 23.3 Å². The number of hydrogen-bond donors (Lipinski definition) is 3. The lowest BCUT2D eigenvalue weighted by molar-refractivity contribution is 0.0998. The molecule has 5 N–H and O–H groups in total. The molecule has 3 rings (SSSR count). The van der Waals surface area contributed by atoms with E-state index in [1.54, 1.807) is 0 Å². The molecule has 0 radical (unpaired) electrons. The zero-order valence-corrected chi connectivity index (χ0v) is 14.6. The van der Waals surface area contributed by atoms with Crippen LogP contribution in [0.3, 0.4) is 0 Å². The smallest absolute Gasteiger partial charge is 0.317 e. The predicted octanol–water partition coefficient (Wildman–Crippen LogP) is 3.29. The zero-order valence-electron chi connectivity index (χ0n) is 13.0. The second kappa shape index (κ2) is 7.23. The van der Waals surface area contributed by atoms with Crippen molar-refractivity contribution < 1.29 is 9.59 Å². The van der Waals surface area contributed by atoms with Crippen molar-refractivity contribution in [3.8, 4) is 0 Å². The van der Waals surface area contributed by atoms with E-state index in [1.807, 2.05) is 6.07 Å². The normalized spacial score (nSPS) is 16.9. The molecule has 3 amide bonds. The molecule has 2 aromatic rings. The SMILES string of the molecule is NC(=O)Nc1snc(S[C@H]2CCCCc3ccccc32)c1C(N)=O. The number of anilines is 1. The van der Waals surface area contributed by atoms with Crippen LogP contribution in [-0.4, -0.2) is 16.3 Å². The lowest BCUT2D eigenvalue weighted by atomic mass is 10.0. The van der Waals surface area contributed by atoms with Gasteiger partial charge in [0, 0.05) is 5.25 Å². The van der Waals surface area contributed by atoms with Crippen molar-refractivity contribution in [2.24, 2.45) is 11.5 Å². The number of rotatable bonds is 4. The van der Waals surface area contributed by atoms with E-state index in [-0.39, 0.29) is 10.8 Å². The topological polar surface area (TPSA) is 111 Å². The third kappa shape index (κ3) is 3.54. The number of aromatic nitrogens is 1. The summed E-state index contributed by atoms with van der Waals surface area (Å²) in [5.74, 6) is -0.614. The number of carbonyl (C=O) groups is 2. The molecule has 0 saturated heterocycles. The van der Waals surface area contributed by atoms with E-state index in [4.69, 9.17) is 11.5 Å². The molecule has 0 spiro atoms. The fraction of sp³-hybridized carbons (Fsp3) is 0.312. The number of nitrogens with one attached hydrogen (secondary N) is 1. The Kier molecular flexibility index (Phi) is 5.06. The molecular weight excluding hydrogens is 344 g/mol. The van der Waals surface area contributed by atoms with E-state index in [2.05, 4.69) is 27.9 Å². The lowest BCUT2D eigenvalue weighted by Crippen LogP contribution is -2.21. The Labute approximate surface area is 148 Å². The van der Waals surface area contributed by atoms with Crippen molar-refractivity contribution in [1.82, 2.24) is 4.37 Å². The third-order valence-corrected chi connectivity index (χ3v) is 6.13. The van der Waals surface area contributed by atoms with Crippen LogP contribution in [0.4, 0.5) is 9.80 Å². The minimum absolute atomic E-state index is 0.213. The largest absolute Gasteiger partial charge is 0.365 e. The van der Waals surface area contributed by atoms with Crippen LogP contribution < -0.4 is 16.8 Å². The molecule has 126 valence electrons. The van der Waals surface area contributed by atoms with Gasteiger partial charge in [-0.15, -0.1) is 0 Å². The van der Waals surface area contributed by atoms with Gasteiger partial charge < -0.3 is 11.5 Å². The van der Waals surface area contributed by atoms with Gasteiger partial charge in [0.25, 0.3) is 5.91 Å². The molecule has 1 aliphatic carbocycles. The van der Waals surface area contributed by atoms with Crippen LogP contribution in [0.2, 0.25) is 0 Å². The van der Waals surface area contributed by atoms with Gasteiger partial charge in [0.1, 0.15) is 15.6 Å². The molecule has 0 saturated carbocycles. The number of primary amides is 2. The summed E-state index contributed by atoms with van der Waals surface area (Å²) in [4.78, 5) is 22.9. The Morgan fingerprint density at radius 2 is 2.04 bits per heavy atom. The summed E-state index contributed by atoms with van der Waals surface area (Å²) in [5, 5.41) is 3.50. The highest BCUT2D eigenvalue weighted by Gasteiger charge is 2.26. The van der Waals surface area contributed by atoms with Gasteiger partial charge in [-0.3, -0.25) is 10.1 Å². The Morgan fingerprint density at radius 3 is 2.79 bits per heavy atom. The molecule has 1 aromatic carbocycles. The maximum atomic E-state index is 11.8. The van der Waals surface area contributed by atoms with Gasteiger partial charge >= 0.3 is 6.03 Å². The minimum Gasteiger partial charge on any atom is -0.365 e. The first-order chi connectivity index (χ1) is 11.6. The molecule has 1 aliphatic rings. The van der Waals surface area contributed by atoms with Crippen LogP contribution in [0.25, 0.3) is 0 Å². The predicted molar refractivity (Wildman–Crippen MR) is 96.4 cm³/mol. The molecule has 0 unspecified atom stereocenters. The van der Waals surface area contributed by atoms with Crippen molar-refractivity contribution in [3.63, 3.8) is 0 Å². The van der Waals surface area contributed by atoms with Crippen LogP contribution in [-0.2, 0) is 6.42 Å². The molecule has 0 aliphatic heterocycles. The van der Waals surface area contributed by atoms with Crippen molar-refractivity contribution in [1.29, 1.82) is 0 Å². The molecule has 6 nitrogen and oxygen atoms in total. The monoisotopic (exact) mass is 362 g/mol. The molecule has 1 heterocycles. The summed E-state index contributed by atoms with van der Waals surface area (Å²) in [6.45, 7) is 0. The van der Waals surface area contributed by atoms with Gasteiger partial charge in [0.15, 0.2) is 0 Å². The molecule has 0 fully saturated rings. The highest BCUT2D eigenvalue weighted by molar-refractivity contribution is 7.99. The highest BCUT2D eigenvalue weighted by atomic mass is 32.2. The van der Waals surface area contributed by atoms with Crippen LogP contribution in [0, 0.1) is 0 Å². The molecule has 1 atom stereocenters. The number of thioether (sulfide) groups is 1. The summed E-state index contributed by atoms with van der Waals surface area (Å²) < 4.78 is 4.32. The standard InChI is InChI=1S/C16H18N4O2S2/c17-13(21)12-14(19-16(18)22)24-20-15(12)23-11-8-4-2-6-9-5-1-3-7-10(9)11/h1,3,5,7,11H,2,4,6,8H2,(H2,17,21)(H3,18,19,22)/t11-/m0/s1. The third-order valence-electron chi connectivity index (χ3n) is 3.96. The van der Waals surface area contributed by atoms with E-state index >= 15 is 0 Å². The highest BCUT2D eigenvalue weighted by Crippen LogP contribution is 2.44. The van der Waals surface area contributed by atoms with Gasteiger partial charge in [-0.25, -0.2) is 4.79 Å². The number of amides is 3. The van der Waals surface area contributed by atoms with E-state index < -0.39 is 11.9 Å². The first-order valence-electron chi connectivity index (χ1n) is 7.66. The average molecular weight is 362 g/mol. The Morgan fingerprint density at radius 1 is 1.25 bits per heavy atom. The van der Waals surface area contributed by atoms with E-state index in [0.29, 0.717) is 10.0 Å². The van der Waals surface area contributed by atoms with Crippen molar-refractivity contribution in [2.45, 2.75) is 36.0 Å². The average Bonchev–Trinajstić information content (AvgIpc) is 2.80. The molecular formula is C16H18N4O2S2. The summed E-state index contributed by atoms with van der Waals surface area (Å²) >= 11 is 2.55. The molecule has 1 aromatic heterocycles. The molecule has 0 bridgehead atoms. The van der Waals surface area contributed by atoms with Gasteiger partial charge in [-0.05, 0) is 41.9 Å². The van der Waals surface area contributed by atoms with Crippen LogP contribution in [0.1, 0.15) is 46.0 Å². The zero-order chi connectivity index (χ0) is 17.1. The number of urea groups is 1. The lowest BCUT2D eigenvalue weighted by Gasteiger charge is -2.16. The number of benzene rings is 1. The summed E-state index contributed by atoms with van der Waals surface area (Å²) in [6, 6.07) is 7.64. The summed E-state index contributed by atoms with van der Waals surface area (Å²) in [7, 11) is 0. The Bertz CT molecular complexity index is 775. The quantitative estimate of drug-likeness (QED) is 0.725.